The molecule has 1 amide bonds. The lowest BCUT2D eigenvalue weighted by Crippen LogP contribution is -2.54. The number of hydrogen-bond donors (Lipinski definition) is 2. The average molecular weight is 302 g/mol. The van der Waals surface area contributed by atoms with Gasteiger partial charge in [-0.1, -0.05) is 12.8 Å². The van der Waals surface area contributed by atoms with Gasteiger partial charge in [-0.05, 0) is 26.7 Å². The maximum atomic E-state index is 12.3. The van der Waals surface area contributed by atoms with Crippen LogP contribution in [0.3, 0.4) is 0 Å². The van der Waals surface area contributed by atoms with Gasteiger partial charge in [-0.3, -0.25) is 4.79 Å². The Morgan fingerprint density at radius 3 is 2.52 bits per heavy atom. The summed E-state index contributed by atoms with van der Waals surface area (Å²) in [5, 5.41) is 9.90. The van der Waals surface area contributed by atoms with E-state index in [-0.39, 0.29) is 25.2 Å². The molecule has 0 radical (unpaired) electrons. The highest BCUT2D eigenvalue weighted by Crippen LogP contribution is 2.28. The number of likely N-dealkylation sites (N-methyl/N-ethyl adjacent to an activating group) is 1. The predicted molar refractivity (Wildman–Crippen MR) is 80.9 cm³/mol. The standard InChI is InChI=1S/C15H30N2O4/c1-12(2)21-9-8-20-11-13(18)10-17(3)14(19)15(16)6-4-5-7-15/h12-13,18H,4-11,16H2,1-3H3. The fraction of sp³-hybridized carbons (Fsp3) is 0.933. The van der Waals surface area contributed by atoms with Crippen LogP contribution in [0, 0.1) is 0 Å². The van der Waals surface area contributed by atoms with E-state index >= 15 is 0 Å². The summed E-state index contributed by atoms with van der Waals surface area (Å²) >= 11 is 0. The summed E-state index contributed by atoms with van der Waals surface area (Å²) in [7, 11) is 1.68. The van der Waals surface area contributed by atoms with Crippen LogP contribution in [0.2, 0.25) is 0 Å². The van der Waals surface area contributed by atoms with Gasteiger partial charge in [-0.15, -0.1) is 0 Å². The van der Waals surface area contributed by atoms with Gasteiger partial charge >= 0.3 is 0 Å². The largest absolute Gasteiger partial charge is 0.389 e. The molecule has 6 nitrogen and oxygen atoms in total. The molecule has 21 heavy (non-hydrogen) atoms. The van der Waals surface area contributed by atoms with Gasteiger partial charge in [0.05, 0.1) is 37.6 Å². The fourth-order valence-corrected chi connectivity index (χ4v) is 2.61. The van der Waals surface area contributed by atoms with Crippen molar-refractivity contribution in [1.82, 2.24) is 4.90 Å². The third-order valence-electron chi connectivity index (χ3n) is 3.74. The molecule has 0 aromatic rings. The number of nitrogens with zero attached hydrogens (tertiary/aromatic N) is 1. The molecular formula is C15H30N2O4. The number of aliphatic hydroxyl groups is 1. The second-order valence-electron chi connectivity index (χ2n) is 6.20. The lowest BCUT2D eigenvalue weighted by Gasteiger charge is -2.30. The Balaban J connectivity index is 2.21. The zero-order chi connectivity index (χ0) is 15.9. The first kappa shape index (κ1) is 18.4. The monoisotopic (exact) mass is 302 g/mol. The van der Waals surface area contributed by atoms with Crippen molar-refractivity contribution in [2.45, 2.75) is 57.3 Å². The summed E-state index contributed by atoms with van der Waals surface area (Å²) in [6.45, 7) is 5.29. The first-order valence-corrected chi connectivity index (χ1v) is 7.77. The number of carbonyl (C=O) groups is 1. The predicted octanol–water partition coefficient (Wildman–Crippen LogP) is 0.519. The van der Waals surface area contributed by atoms with Crippen molar-refractivity contribution in [3.05, 3.63) is 0 Å². The van der Waals surface area contributed by atoms with Gasteiger partial charge in [0.2, 0.25) is 5.91 Å². The Morgan fingerprint density at radius 2 is 1.95 bits per heavy atom. The molecule has 0 saturated heterocycles. The molecule has 1 fully saturated rings. The molecule has 1 aliphatic carbocycles. The molecule has 124 valence electrons. The van der Waals surface area contributed by atoms with E-state index in [1.54, 1.807) is 7.05 Å². The van der Waals surface area contributed by atoms with Gasteiger partial charge in [-0.2, -0.15) is 0 Å². The van der Waals surface area contributed by atoms with E-state index in [0.717, 1.165) is 25.7 Å². The van der Waals surface area contributed by atoms with Crippen LogP contribution in [-0.2, 0) is 14.3 Å². The van der Waals surface area contributed by atoms with E-state index in [4.69, 9.17) is 15.2 Å². The number of amides is 1. The molecule has 0 heterocycles. The van der Waals surface area contributed by atoms with E-state index in [1.807, 2.05) is 13.8 Å². The third kappa shape index (κ3) is 6.30. The Bertz CT molecular complexity index is 317. The first-order valence-electron chi connectivity index (χ1n) is 7.77. The Kier molecular flexibility index (Phi) is 7.59. The minimum Gasteiger partial charge on any atom is -0.389 e. The minimum atomic E-state index is -0.736. The summed E-state index contributed by atoms with van der Waals surface area (Å²) in [4.78, 5) is 13.8. The smallest absolute Gasteiger partial charge is 0.242 e. The van der Waals surface area contributed by atoms with Crippen molar-refractivity contribution in [1.29, 1.82) is 0 Å². The maximum absolute atomic E-state index is 12.3. The van der Waals surface area contributed by atoms with Crippen LogP contribution >= 0.6 is 0 Å². The summed E-state index contributed by atoms with van der Waals surface area (Å²) in [5.74, 6) is -0.0813. The maximum Gasteiger partial charge on any atom is 0.242 e. The zero-order valence-electron chi connectivity index (χ0n) is 13.5. The summed E-state index contributed by atoms with van der Waals surface area (Å²) in [6, 6.07) is 0. The molecule has 0 aromatic carbocycles. The minimum absolute atomic E-state index is 0.0813. The van der Waals surface area contributed by atoms with Crippen molar-refractivity contribution in [3.8, 4) is 0 Å². The van der Waals surface area contributed by atoms with Gasteiger partial charge in [0.25, 0.3) is 0 Å². The quantitative estimate of drug-likeness (QED) is 0.607. The number of rotatable bonds is 9. The molecule has 0 aromatic heterocycles. The van der Waals surface area contributed by atoms with Gasteiger partial charge in [-0.25, -0.2) is 0 Å². The number of carbonyl (C=O) groups excluding carboxylic acids is 1. The molecule has 1 atom stereocenters. The van der Waals surface area contributed by atoms with E-state index in [9.17, 15) is 9.90 Å². The van der Waals surface area contributed by atoms with Crippen molar-refractivity contribution >= 4 is 5.91 Å². The average Bonchev–Trinajstić information content (AvgIpc) is 2.85. The van der Waals surface area contributed by atoms with Crippen LogP contribution in [0.1, 0.15) is 39.5 Å². The zero-order valence-corrected chi connectivity index (χ0v) is 13.5. The van der Waals surface area contributed by atoms with Crippen LogP contribution in [0.4, 0.5) is 0 Å². The molecule has 0 aliphatic heterocycles. The van der Waals surface area contributed by atoms with Crippen molar-refractivity contribution in [2.75, 3.05) is 33.4 Å². The van der Waals surface area contributed by atoms with Crippen LogP contribution in [-0.4, -0.2) is 67.1 Å². The van der Waals surface area contributed by atoms with Crippen molar-refractivity contribution < 1.29 is 19.4 Å². The van der Waals surface area contributed by atoms with E-state index in [0.29, 0.717) is 13.2 Å². The summed E-state index contributed by atoms with van der Waals surface area (Å²) in [6.07, 6.45) is 2.93. The normalized spacial score (nSPS) is 19.0. The molecule has 0 spiro atoms. The Labute approximate surface area is 127 Å². The molecule has 6 heteroatoms. The topological polar surface area (TPSA) is 85.0 Å². The fourth-order valence-electron chi connectivity index (χ4n) is 2.61. The Hall–Kier alpha value is -0.690. The number of ether oxygens (including phenoxy) is 2. The highest BCUT2D eigenvalue weighted by atomic mass is 16.5. The van der Waals surface area contributed by atoms with Crippen LogP contribution < -0.4 is 5.73 Å². The molecular weight excluding hydrogens is 272 g/mol. The van der Waals surface area contributed by atoms with E-state index in [1.165, 1.54) is 4.90 Å². The molecule has 0 bridgehead atoms. The molecule has 1 aliphatic rings. The lowest BCUT2D eigenvalue weighted by molar-refractivity contribution is -0.137. The van der Waals surface area contributed by atoms with Crippen molar-refractivity contribution in [3.63, 3.8) is 0 Å². The Morgan fingerprint density at radius 1 is 1.33 bits per heavy atom. The van der Waals surface area contributed by atoms with Crippen LogP contribution in [0.25, 0.3) is 0 Å². The molecule has 3 N–H and O–H groups in total. The van der Waals surface area contributed by atoms with Gasteiger partial charge in [0, 0.05) is 13.6 Å². The summed E-state index contributed by atoms with van der Waals surface area (Å²) in [5.41, 5.74) is 5.39. The number of nitrogens with two attached hydrogens (primary N) is 1. The molecule has 1 rings (SSSR count). The highest BCUT2D eigenvalue weighted by molar-refractivity contribution is 5.86. The lowest BCUT2D eigenvalue weighted by atomic mass is 9.97. The van der Waals surface area contributed by atoms with Crippen LogP contribution in [0.5, 0.6) is 0 Å². The SMILES string of the molecule is CC(C)OCCOCC(O)CN(C)C(=O)C1(N)CCCC1. The highest BCUT2D eigenvalue weighted by Gasteiger charge is 2.39. The van der Waals surface area contributed by atoms with Gasteiger partial charge < -0.3 is 25.2 Å². The van der Waals surface area contributed by atoms with Crippen LogP contribution in [0.15, 0.2) is 0 Å². The first-order chi connectivity index (χ1) is 9.85. The second kappa shape index (κ2) is 8.68. The third-order valence-corrected chi connectivity index (χ3v) is 3.74. The van der Waals surface area contributed by atoms with E-state index < -0.39 is 11.6 Å². The van der Waals surface area contributed by atoms with Gasteiger partial charge in [0.15, 0.2) is 0 Å². The number of hydrogen-bond acceptors (Lipinski definition) is 5. The van der Waals surface area contributed by atoms with Gasteiger partial charge in [0.1, 0.15) is 0 Å². The summed E-state index contributed by atoms with van der Waals surface area (Å²) < 4.78 is 10.7. The molecule has 1 saturated carbocycles. The number of aliphatic hydroxyl groups excluding tert-OH is 1. The molecule has 1 unspecified atom stereocenters. The van der Waals surface area contributed by atoms with Crippen molar-refractivity contribution in [2.24, 2.45) is 5.73 Å². The van der Waals surface area contributed by atoms with E-state index in [2.05, 4.69) is 0 Å². The second-order valence-corrected chi connectivity index (χ2v) is 6.20.